The highest BCUT2D eigenvalue weighted by atomic mass is 16.5. The molecule has 0 radical (unpaired) electrons. The van der Waals surface area contributed by atoms with E-state index in [2.05, 4.69) is 0 Å². The standard InChI is InChI=1S/C30H31NO6/c1-35-30(34)26-17-25-22(13-8-14-27(25)36-19-20-9-4-2-5-10-20)18-31(26)29(33)28(21-11-6-3-7-12-21)37-24-15-23(32)16-24/h2-14,23-24,26,28,32H,15-19H2,1H3/t23?,24?,26-,28?/m0/s1. The van der Waals surface area contributed by atoms with Crippen molar-refractivity contribution < 1.29 is 28.9 Å². The molecule has 1 aliphatic carbocycles. The minimum Gasteiger partial charge on any atom is -0.489 e. The molecule has 1 heterocycles. The van der Waals surface area contributed by atoms with E-state index in [0.29, 0.717) is 30.8 Å². The predicted octanol–water partition coefficient (Wildman–Crippen LogP) is 3.97. The molecule has 1 saturated carbocycles. The van der Waals surface area contributed by atoms with E-state index >= 15 is 0 Å². The fourth-order valence-electron chi connectivity index (χ4n) is 4.94. The number of aliphatic hydroxyl groups is 1. The second-order valence-corrected chi connectivity index (χ2v) is 9.55. The molecule has 2 aliphatic rings. The molecule has 0 aromatic heterocycles. The Morgan fingerprint density at radius 2 is 1.68 bits per heavy atom. The number of ether oxygens (including phenoxy) is 3. The van der Waals surface area contributed by atoms with Crippen LogP contribution in [-0.4, -0.2) is 47.2 Å². The molecule has 0 bridgehead atoms. The smallest absolute Gasteiger partial charge is 0.328 e. The molecule has 0 spiro atoms. The van der Waals surface area contributed by atoms with Gasteiger partial charge in [0.15, 0.2) is 6.10 Å². The van der Waals surface area contributed by atoms with Crippen molar-refractivity contribution >= 4 is 11.9 Å². The van der Waals surface area contributed by atoms with Gasteiger partial charge in [-0.1, -0.05) is 72.8 Å². The fraction of sp³-hybridized carbons (Fsp3) is 0.333. The summed E-state index contributed by atoms with van der Waals surface area (Å²) in [7, 11) is 1.33. The van der Waals surface area contributed by atoms with Crippen molar-refractivity contribution in [1.82, 2.24) is 4.90 Å². The topological polar surface area (TPSA) is 85.3 Å². The zero-order valence-corrected chi connectivity index (χ0v) is 20.8. The zero-order chi connectivity index (χ0) is 25.8. The molecule has 1 amide bonds. The number of benzene rings is 3. The minimum absolute atomic E-state index is 0.212. The number of hydrogen-bond donors (Lipinski definition) is 1. The van der Waals surface area contributed by atoms with Gasteiger partial charge in [-0.15, -0.1) is 0 Å². The molecule has 1 unspecified atom stereocenters. The molecule has 2 atom stereocenters. The van der Waals surface area contributed by atoms with Gasteiger partial charge in [-0.05, 0) is 35.6 Å². The molecule has 7 nitrogen and oxygen atoms in total. The third-order valence-corrected chi connectivity index (χ3v) is 7.06. The van der Waals surface area contributed by atoms with Gasteiger partial charge in [-0.3, -0.25) is 4.79 Å². The zero-order valence-electron chi connectivity index (χ0n) is 20.8. The molecule has 1 N–H and O–H groups in total. The molecule has 3 aromatic carbocycles. The molecule has 0 saturated heterocycles. The van der Waals surface area contributed by atoms with Crippen LogP contribution in [0.3, 0.4) is 0 Å². The van der Waals surface area contributed by atoms with Gasteiger partial charge in [0.05, 0.1) is 19.3 Å². The minimum atomic E-state index is -0.884. The van der Waals surface area contributed by atoms with Gasteiger partial charge in [0.1, 0.15) is 18.4 Å². The molecule has 1 aliphatic heterocycles. The van der Waals surface area contributed by atoms with E-state index in [9.17, 15) is 14.7 Å². The number of aliphatic hydroxyl groups excluding tert-OH is 1. The van der Waals surface area contributed by atoms with Crippen LogP contribution in [0.15, 0.2) is 78.9 Å². The Bertz CT molecular complexity index is 1230. The van der Waals surface area contributed by atoms with Gasteiger partial charge in [-0.25, -0.2) is 4.79 Å². The lowest BCUT2D eigenvalue weighted by molar-refractivity contribution is -0.168. The summed E-state index contributed by atoms with van der Waals surface area (Å²) < 4.78 is 17.5. The first-order chi connectivity index (χ1) is 18.0. The summed E-state index contributed by atoms with van der Waals surface area (Å²) >= 11 is 0. The average molecular weight is 502 g/mol. The van der Waals surface area contributed by atoms with E-state index in [1.54, 1.807) is 4.90 Å². The number of carbonyl (C=O) groups excluding carboxylic acids is 2. The number of rotatable bonds is 8. The summed E-state index contributed by atoms with van der Waals surface area (Å²) in [6.07, 6.45) is -0.247. The van der Waals surface area contributed by atoms with Gasteiger partial charge >= 0.3 is 5.97 Å². The van der Waals surface area contributed by atoms with Crippen LogP contribution < -0.4 is 4.74 Å². The normalized spacial score (nSPS) is 21.4. The maximum Gasteiger partial charge on any atom is 0.328 e. The van der Waals surface area contributed by atoms with Crippen LogP contribution in [0.1, 0.15) is 41.2 Å². The molecule has 192 valence electrons. The molecule has 3 aromatic rings. The lowest BCUT2D eigenvalue weighted by Gasteiger charge is -2.40. The van der Waals surface area contributed by atoms with Gasteiger partial charge in [0.25, 0.3) is 5.91 Å². The Morgan fingerprint density at radius 3 is 2.35 bits per heavy atom. The Labute approximate surface area is 216 Å². The number of methoxy groups -OCH3 is 1. The van der Waals surface area contributed by atoms with Crippen molar-refractivity contribution in [2.75, 3.05) is 7.11 Å². The van der Waals surface area contributed by atoms with Crippen molar-refractivity contribution in [1.29, 1.82) is 0 Å². The maximum absolute atomic E-state index is 14.0. The van der Waals surface area contributed by atoms with E-state index in [0.717, 1.165) is 16.7 Å². The van der Waals surface area contributed by atoms with E-state index < -0.39 is 24.2 Å². The van der Waals surface area contributed by atoms with Gasteiger partial charge < -0.3 is 24.2 Å². The number of hydrogen-bond acceptors (Lipinski definition) is 6. The van der Waals surface area contributed by atoms with Crippen molar-refractivity contribution in [3.8, 4) is 5.75 Å². The van der Waals surface area contributed by atoms with Crippen molar-refractivity contribution in [2.45, 2.75) is 56.8 Å². The molecule has 37 heavy (non-hydrogen) atoms. The highest BCUT2D eigenvalue weighted by Gasteiger charge is 2.42. The Balaban J connectivity index is 1.42. The first-order valence-corrected chi connectivity index (χ1v) is 12.6. The van der Waals surface area contributed by atoms with E-state index in [1.165, 1.54) is 7.11 Å². The summed E-state index contributed by atoms with van der Waals surface area (Å²) in [5, 5.41) is 9.74. The molecule has 1 fully saturated rings. The number of carbonyl (C=O) groups is 2. The Morgan fingerprint density at radius 1 is 0.973 bits per heavy atom. The van der Waals surface area contributed by atoms with E-state index in [-0.39, 0.29) is 25.0 Å². The largest absolute Gasteiger partial charge is 0.489 e. The lowest BCUT2D eigenvalue weighted by atomic mass is 9.90. The summed E-state index contributed by atoms with van der Waals surface area (Å²) in [6.45, 7) is 0.635. The third kappa shape index (κ3) is 5.53. The molecular weight excluding hydrogens is 470 g/mol. The van der Waals surface area contributed by atoms with Gasteiger partial charge in [0, 0.05) is 18.5 Å². The van der Waals surface area contributed by atoms with Crippen LogP contribution >= 0.6 is 0 Å². The summed E-state index contributed by atoms with van der Waals surface area (Å²) in [6, 6.07) is 24.1. The summed E-state index contributed by atoms with van der Waals surface area (Å²) in [5.41, 5.74) is 3.58. The Kier molecular flexibility index (Phi) is 7.53. The quantitative estimate of drug-likeness (QED) is 0.470. The molecule has 5 rings (SSSR count). The number of esters is 1. The number of fused-ring (bicyclic) bond motifs is 1. The summed E-state index contributed by atoms with van der Waals surface area (Å²) in [5.74, 6) is -0.0892. The van der Waals surface area contributed by atoms with E-state index in [1.807, 2.05) is 78.9 Å². The first-order valence-electron chi connectivity index (χ1n) is 12.6. The van der Waals surface area contributed by atoms with Crippen LogP contribution in [0, 0.1) is 0 Å². The molecular formula is C30H31NO6. The SMILES string of the molecule is COC(=O)[C@@H]1Cc2c(cccc2OCc2ccccc2)CN1C(=O)C(OC1CC(O)C1)c1ccccc1. The average Bonchev–Trinajstić information content (AvgIpc) is 2.93. The number of nitrogens with zero attached hydrogens (tertiary/aromatic N) is 1. The predicted molar refractivity (Wildman–Crippen MR) is 137 cm³/mol. The van der Waals surface area contributed by atoms with Crippen LogP contribution in [0.25, 0.3) is 0 Å². The number of amides is 1. The third-order valence-electron chi connectivity index (χ3n) is 7.06. The van der Waals surface area contributed by atoms with Crippen LogP contribution in [0.2, 0.25) is 0 Å². The Hall–Kier alpha value is -3.68. The highest BCUT2D eigenvalue weighted by molar-refractivity contribution is 5.88. The van der Waals surface area contributed by atoms with Crippen molar-refractivity contribution in [3.05, 3.63) is 101 Å². The second-order valence-electron chi connectivity index (χ2n) is 9.55. The van der Waals surface area contributed by atoms with Gasteiger partial charge in [-0.2, -0.15) is 0 Å². The van der Waals surface area contributed by atoms with Crippen LogP contribution in [0.4, 0.5) is 0 Å². The van der Waals surface area contributed by atoms with Crippen molar-refractivity contribution in [3.63, 3.8) is 0 Å². The highest BCUT2D eigenvalue weighted by Crippen LogP contribution is 2.36. The van der Waals surface area contributed by atoms with E-state index in [4.69, 9.17) is 14.2 Å². The first kappa shape index (κ1) is 25.0. The second kappa shape index (κ2) is 11.2. The van der Waals surface area contributed by atoms with Gasteiger partial charge in [0.2, 0.25) is 0 Å². The van der Waals surface area contributed by atoms with Crippen LogP contribution in [-0.2, 0) is 38.6 Å². The molecule has 7 heteroatoms. The lowest BCUT2D eigenvalue weighted by Crippen LogP contribution is -2.51. The maximum atomic E-state index is 14.0. The van der Waals surface area contributed by atoms with Crippen LogP contribution in [0.5, 0.6) is 5.75 Å². The summed E-state index contributed by atoms with van der Waals surface area (Å²) in [4.78, 5) is 28.5. The monoisotopic (exact) mass is 501 g/mol. The van der Waals surface area contributed by atoms with Crippen molar-refractivity contribution in [2.24, 2.45) is 0 Å². The fourth-order valence-corrected chi connectivity index (χ4v) is 4.94.